The second kappa shape index (κ2) is 13.8. The van der Waals surface area contributed by atoms with E-state index >= 15 is 0 Å². The first-order valence-corrected chi connectivity index (χ1v) is 15.0. The maximum atomic E-state index is 12.5. The van der Waals surface area contributed by atoms with Crippen LogP contribution in [-0.2, 0) is 22.4 Å². The summed E-state index contributed by atoms with van der Waals surface area (Å²) < 4.78 is 17.3. The fourth-order valence-corrected chi connectivity index (χ4v) is 6.16. The van der Waals surface area contributed by atoms with Gasteiger partial charge in [-0.25, -0.2) is 4.98 Å². The minimum Gasteiger partial charge on any atom is -0.493 e. The highest BCUT2D eigenvalue weighted by atomic mass is 32.1. The molecule has 3 aromatic rings. The third-order valence-electron chi connectivity index (χ3n) is 7.07. The zero-order chi connectivity index (χ0) is 28.6. The molecule has 1 atom stereocenters. The maximum absolute atomic E-state index is 12.5. The molecule has 0 saturated heterocycles. The van der Waals surface area contributed by atoms with E-state index in [0.717, 1.165) is 65.4 Å². The number of nitrogens with zero attached hydrogens (tertiary/aromatic N) is 2. The quantitative estimate of drug-likeness (QED) is 0.172. The molecular weight excluding hydrogens is 524 g/mol. The van der Waals surface area contributed by atoms with Gasteiger partial charge in [-0.1, -0.05) is 19.4 Å². The lowest BCUT2D eigenvalue weighted by Crippen LogP contribution is -2.21. The molecule has 1 heterocycles. The number of aromatic nitrogens is 1. The minimum atomic E-state index is -0.124. The van der Waals surface area contributed by atoms with Gasteiger partial charge in [0.2, 0.25) is 0 Å². The standard InChI is InChI=1S/C32H40N2O5S/c1-6-9-24-18-25(31-33-21(3)30(40-31)32(36)34(4)5)12-15-28(24)39-17-8-16-38-26-13-14-27-22(19-26)10-11-23(27)20-29(35)37-7-2/h12-15,18-19,23H,6-11,16-17,20H2,1-5H3/t23-/m0/s1. The van der Waals surface area contributed by atoms with E-state index in [1.54, 1.807) is 19.0 Å². The Morgan fingerprint density at radius 2 is 1.88 bits per heavy atom. The smallest absolute Gasteiger partial charge is 0.306 e. The molecule has 7 nitrogen and oxygen atoms in total. The molecule has 0 fully saturated rings. The molecule has 40 heavy (non-hydrogen) atoms. The molecule has 0 saturated carbocycles. The van der Waals surface area contributed by atoms with Crippen molar-refractivity contribution in [2.45, 2.75) is 65.2 Å². The zero-order valence-electron chi connectivity index (χ0n) is 24.2. The molecule has 0 unspecified atom stereocenters. The van der Waals surface area contributed by atoms with E-state index in [1.165, 1.54) is 22.5 Å². The Hall–Kier alpha value is -3.39. The van der Waals surface area contributed by atoms with Crippen LogP contribution in [0.3, 0.4) is 0 Å². The predicted octanol–water partition coefficient (Wildman–Crippen LogP) is 6.60. The molecular formula is C32H40N2O5S. The molecule has 1 aliphatic rings. The maximum Gasteiger partial charge on any atom is 0.306 e. The van der Waals surface area contributed by atoms with E-state index in [4.69, 9.17) is 14.2 Å². The van der Waals surface area contributed by atoms with E-state index < -0.39 is 0 Å². The Morgan fingerprint density at radius 3 is 2.62 bits per heavy atom. The van der Waals surface area contributed by atoms with E-state index in [-0.39, 0.29) is 17.8 Å². The topological polar surface area (TPSA) is 78.0 Å². The highest BCUT2D eigenvalue weighted by Gasteiger charge is 2.25. The summed E-state index contributed by atoms with van der Waals surface area (Å²) in [6.07, 6.45) is 5.05. The lowest BCUT2D eigenvalue weighted by Gasteiger charge is -2.14. The molecule has 2 aromatic carbocycles. The first-order valence-electron chi connectivity index (χ1n) is 14.2. The summed E-state index contributed by atoms with van der Waals surface area (Å²) in [6, 6.07) is 12.4. The van der Waals surface area contributed by atoms with Crippen molar-refractivity contribution in [3.8, 4) is 22.1 Å². The van der Waals surface area contributed by atoms with Crippen LogP contribution in [-0.4, -0.2) is 55.7 Å². The summed E-state index contributed by atoms with van der Waals surface area (Å²) in [5, 5.41) is 0.849. The second-order valence-electron chi connectivity index (χ2n) is 10.4. The van der Waals surface area contributed by atoms with Crippen molar-refractivity contribution < 1.29 is 23.8 Å². The summed E-state index contributed by atoms with van der Waals surface area (Å²) in [5.74, 6) is 1.84. The van der Waals surface area contributed by atoms with Crippen LogP contribution in [0.25, 0.3) is 10.6 Å². The molecule has 0 bridgehead atoms. The van der Waals surface area contributed by atoms with Crippen LogP contribution in [0.15, 0.2) is 36.4 Å². The zero-order valence-corrected chi connectivity index (χ0v) is 25.1. The van der Waals surface area contributed by atoms with E-state index in [2.05, 4.69) is 30.1 Å². The summed E-state index contributed by atoms with van der Waals surface area (Å²) in [7, 11) is 3.52. The highest BCUT2D eigenvalue weighted by Crippen LogP contribution is 2.37. The van der Waals surface area contributed by atoms with Crippen molar-refractivity contribution >= 4 is 23.2 Å². The van der Waals surface area contributed by atoms with E-state index in [1.807, 2.05) is 32.0 Å². The van der Waals surface area contributed by atoms with Gasteiger partial charge >= 0.3 is 5.97 Å². The van der Waals surface area contributed by atoms with Crippen molar-refractivity contribution in [1.29, 1.82) is 0 Å². The van der Waals surface area contributed by atoms with Gasteiger partial charge in [-0.2, -0.15) is 0 Å². The Kier molecular flexibility index (Phi) is 10.2. The summed E-state index contributed by atoms with van der Waals surface area (Å²) >= 11 is 1.44. The summed E-state index contributed by atoms with van der Waals surface area (Å²) in [5.41, 5.74) is 5.41. The molecule has 1 aliphatic carbocycles. The second-order valence-corrected chi connectivity index (χ2v) is 11.4. The number of benzene rings is 2. The predicted molar refractivity (Wildman–Crippen MR) is 159 cm³/mol. The summed E-state index contributed by atoms with van der Waals surface area (Å²) in [6.45, 7) is 7.42. The number of thiazole rings is 1. The fraction of sp³-hybridized carbons (Fsp3) is 0.469. The normalized spacial score (nSPS) is 14.1. The number of fused-ring (bicyclic) bond motifs is 1. The van der Waals surface area contributed by atoms with Crippen LogP contribution in [0.1, 0.15) is 77.5 Å². The van der Waals surface area contributed by atoms with Crippen LogP contribution in [0.4, 0.5) is 0 Å². The van der Waals surface area contributed by atoms with Gasteiger partial charge in [0, 0.05) is 26.1 Å². The van der Waals surface area contributed by atoms with Crippen molar-refractivity contribution in [1.82, 2.24) is 9.88 Å². The van der Waals surface area contributed by atoms with Gasteiger partial charge in [0.05, 0.1) is 31.9 Å². The average Bonchev–Trinajstić information content (AvgIpc) is 3.51. The number of rotatable bonds is 13. The van der Waals surface area contributed by atoms with Crippen LogP contribution in [0.5, 0.6) is 11.5 Å². The first kappa shape index (κ1) is 29.6. The number of esters is 1. The molecule has 0 spiro atoms. The Bertz CT molecular complexity index is 1330. The first-order chi connectivity index (χ1) is 19.3. The lowest BCUT2D eigenvalue weighted by atomic mass is 9.98. The van der Waals surface area contributed by atoms with E-state index in [0.29, 0.717) is 31.1 Å². The Labute approximate surface area is 241 Å². The van der Waals surface area contributed by atoms with Gasteiger partial charge in [-0.3, -0.25) is 9.59 Å². The SMILES string of the molecule is CCCc1cc(-c2nc(C)c(C(=O)N(C)C)s2)ccc1OCCCOc1ccc2c(c1)CC[C@H]2CC(=O)OCC. The van der Waals surface area contributed by atoms with E-state index in [9.17, 15) is 9.59 Å². The Morgan fingerprint density at radius 1 is 1.07 bits per heavy atom. The molecule has 1 aromatic heterocycles. The number of carbonyl (C=O) groups is 2. The Balaban J connectivity index is 1.30. The molecule has 0 aliphatic heterocycles. The van der Waals surface area contributed by atoms with Crippen LogP contribution >= 0.6 is 11.3 Å². The van der Waals surface area contributed by atoms with Gasteiger partial charge in [0.1, 0.15) is 21.4 Å². The van der Waals surface area contributed by atoms with Crippen molar-refractivity contribution in [2.75, 3.05) is 33.9 Å². The number of ether oxygens (including phenoxy) is 3. The van der Waals surface area contributed by atoms with Gasteiger partial charge in [0.15, 0.2) is 0 Å². The van der Waals surface area contributed by atoms with Gasteiger partial charge in [-0.05, 0) is 86.1 Å². The summed E-state index contributed by atoms with van der Waals surface area (Å²) in [4.78, 5) is 31.3. The van der Waals surface area contributed by atoms with Gasteiger partial charge in [-0.15, -0.1) is 11.3 Å². The molecule has 0 radical (unpaired) electrons. The number of amides is 1. The monoisotopic (exact) mass is 564 g/mol. The number of aryl methyl sites for hydroxylation is 3. The molecule has 214 valence electrons. The van der Waals surface area contributed by atoms with Crippen molar-refractivity contribution in [2.24, 2.45) is 0 Å². The lowest BCUT2D eigenvalue weighted by molar-refractivity contribution is -0.143. The number of hydrogen-bond acceptors (Lipinski definition) is 7. The van der Waals surface area contributed by atoms with Gasteiger partial charge in [0.25, 0.3) is 5.91 Å². The van der Waals surface area contributed by atoms with Crippen LogP contribution in [0.2, 0.25) is 0 Å². The van der Waals surface area contributed by atoms with Crippen LogP contribution in [0, 0.1) is 6.92 Å². The van der Waals surface area contributed by atoms with Gasteiger partial charge < -0.3 is 19.1 Å². The third kappa shape index (κ3) is 7.22. The van der Waals surface area contributed by atoms with Crippen LogP contribution < -0.4 is 9.47 Å². The molecule has 1 amide bonds. The van der Waals surface area contributed by atoms with Crippen molar-refractivity contribution in [3.63, 3.8) is 0 Å². The number of carbonyl (C=O) groups excluding carboxylic acids is 2. The highest BCUT2D eigenvalue weighted by molar-refractivity contribution is 7.17. The third-order valence-corrected chi connectivity index (χ3v) is 8.27. The molecule has 8 heteroatoms. The molecule has 0 N–H and O–H groups in total. The average molecular weight is 565 g/mol. The number of hydrogen-bond donors (Lipinski definition) is 0. The largest absolute Gasteiger partial charge is 0.493 e. The molecule has 4 rings (SSSR count). The fourth-order valence-electron chi connectivity index (χ4n) is 5.08. The van der Waals surface area contributed by atoms with Crippen molar-refractivity contribution in [3.05, 3.63) is 63.7 Å². The minimum absolute atomic E-state index is 0.0183.